The number of aromatic nitrogens is 2. The van der Waals surface area contributed by atoms with Gasteiger partial charge >= 0.3 is 0 Å². The fourth-order valence-corrected chi connectivity index (χ4v) is 5.17. The lowest BCUT2D eigenvalue weighted by molar-refractivity contribution is -0.144. The number of rotatable bonds is 3. The van der Waals surface area contributed by atoms with Crippen LogP contribution in [0.15, 0.2) is 54.7 Å². The number of carbonyl (C=O) groups excluding carboxylic acids is 1. The maximum Gasteiger partial charge on any atom is 0.229 e. The lowest BCUT2D eigenvalue weighted by Gasteiger charge is -2.42. The third kappa shape index (κ3) is 3.78. The van der Waals surface area contributed by atoms with Crippen LogP contribution >= 0.6 is 0 Å². The van der Waals surface area contributed by atoms with Crippen LogP contribution < -0.4 is 4.90 Å². The maximum absolute atomic E-state index is 13.8. The van der Waals surface area contributed by atoms with Crippen molar-refractivity contribution in [1.29, 1.82) is 0 Å². The first-order valence-corrected chi connectivity index (χ1v) is 11.4. The number of para-hydroxylation sites is 1. The minimum atomic E-state index is -0.325. The van der Waals surface area contributed by atoms with E-state index in [1.807, 2.05) is 30.5 Å². The highest BCUT2D eigenvalue weighted by molar-refractivity contribution is 5.84. The van der Waals surface area contributed by atoms with Gasteiger partial charge in [-0.15, -0.1) is 0 Å². The van der Waals surface area contributed by atoms with Crippen LogP contribution in [-0.2, 0) is 17.8 Å². The maximum atomic E-state index is 13.8. The molecule has 160 valence electrons. The monoisotopic (exact) mass is 414 g/mol. The van der Waals surface area contributed by atoms with Crippen LogP contribution in [-0.4, -0.2) is 40.4 Å². The van der Waals surface area contributed by atoms with Crippen molar-refractivity contribution >= 4 is 22.8 Å². The summed E-state index contributed by atoms with van der Waals surface area (Å²) in [7, 11) is 0. The molecule has 5 nitrogen and oxygen atoms in total. The largest absolute Gasteiger partial charge is 0.341 e. The van der Waals surface area contributed by atoms with Crippen molar-refractivity contribution in [3.8, 4) is 0 Å². The molecule has 2 aromatic carbocycles. The smallest absolute Gasteiger partial charge is 0.229 e. The molecule has 1 spiro atoms. The first-order valence-electron chi connectivity index (χ1n) is 11.4. The molecule has 31 heavy (non-hydrogen) atoms. The quantitative estimate of drug-likeness (QED) is 0.635. The first-order chi connectivity index (χ1) is 15.0. The summed E-state index contributed by atoms with van der Waals surface area (Å²) in [5.74, 6) is 1.56. The summed E-state index contributed by atoms with van der Waals surface area (Å²) in [4.78, 5) is 27.6. The zero-order chi connectivity index (χ0) is 21.4. The lowest BCUT2D eigenvalue weighted by Crippen LogP contribution is -2.51. The third-order valence-electron chi connectivity index (χ3n) is 6.81. The average molecular weight is 415 g/mol. The molecular weight excluding hydrogens is 384 g/mol. The van der Waals surface area contributed by atoms with Crippen LogP contribution in [0, 0.1) is 11.3 Å². The molecule has 1 fully saturated rings. The molecule has 3 heterocycles. The fourth-order valence-electron chi connectivity index (χ4n) is 5.17. The van der Waals surface area contributed by atoms with Crippen LogP contribution in [0.1, 0.15) is 37.8 Å². The predicted octanol–water partition coefficient (Wildman–Crippen LogP) is 4.46. The number of hydrogen-bond acceptors (Lipinski definition) is 4. The Hall–Kier alpha value is -2.95. The summed E-state index contributed by atoms with van der Waals surface area (Å²) in [6.07, 6.45) is 4.42. The molecule has 0 atom stereocenters. The van der Waals surface area contributed by atoms with E-state index in [4.69, 9.17) is 4.98 Å². The Bertz CT molecular complexity index is 1100. The van der Waals surface area contributed by atoms with Crippen molar-refractivity contribution < 1.29 is 4.79 Å². The zero-order valence-corrected chi connectivity index (χ0v) is 18.4. The van der Waals surface area contributed by atoms with E-state index < -0.39 is 0 Å². The zero-order valence-electron chi connectivity index (χ0n) is 18.4. The normalized spacial score (nSPS) is 18.5. The summed E-state index contributed by atoms with van der Waals surface area (Å²) in [5.41, 5.74) is 3.27. The van der Waals surface area contributed by atoms with Gasteiger partial charge in [0.05, 0.1) is 10.9 Å². The van der Waals surface area contributed by atoms with Gasteiger partial charge in [-0.3, -0.25) is 4.79 Å². The topological polar surface area (TPSA) is 49.3 Å². The van der Waals surface area contributed by atoms with E-state index in [2.05, 4.69) is 52.9 Å². The molecule has 0 N–H and O–H groups in total. The van der Waals surface area contributed by atoms with Gasteiger partial charge in [-0.2, -0.15) is 0 Å². The number of anilines is 1. The van der Waals surface area contributed by atoms with Gasteiger partial charge in [0.25, 0.3) is 0 Å². The van der Waals surface area contributed by atoms with Crippen LogP contribution in [0.5, 0.6) is 0 Å². The first kappa shape index (κ1) is 20.0. The molecule has 1 saturated heterocycles. The summed E-state index contributed by atoms with van der Waals surface area (Å²) < 4.78 is 0. The number of carbonyl (C=O) groups is 1. The molecule has 1 amide bonds. The Morgan fingerprint density at radius 2 is 1.71 bits per heavy atom. The molecule has 0 bridgehead atoms. The number of amides is 1. The standard InChI is InChI=1S/C26H30N4O/c1-19(2)17-30-18-22-9-4-3-7-20(22)15-26(24(30)31)11-13-29(14-12-26)25-27-16-21-8-5-6-10-23(21)28-25/h3-10,16,19H,11-15,17-18H2,1-2H3. The summed E-state index contributed by atoms with van der Waals surface area (Å²) in [5, 5.41) is 1.06. The number of benzene rings is 2. The van der Waals surface area contributed by atoms with Gasteiger partial charge in [-0.25, -0.2) is 9.97 Å². The molecule has 0 radical (unpaired) electrons. The van der Waals surface area contributed by atoms with Gasteiger partial charge in [0.2, 0.25) is 11.9 Å². The average Bonchev–Trinajstić information content (AvgIpc) is 2.89. The Morgan fingerprint density at radius 1 is 1.00 bits per heavy atom. The molecular formula is C26H30N4O. The second kappa shape index (κ2) is 7.95. The van der Waals surface area contributed by atoms with E-state index in [1.165, 1.54) is 11.1 Å². The van der Waals surface area contributed by atoms with Crippen LogP contribution in [0.2, 0.25) is 0 Å². The van der Waals surface area contributed by atoms with Crippen molar-refractivity contribution in [3.63, 3.8) is 0 Å². The van der Waals surface area contributed by atoms with Gasteiger partial charge in [0.1, 0.15) is 0 Å². The Labute approximate surface area is 184 Å². The van der Waals surface area contributed by atoms with Crippen LogP contribution in [0.4, 0.5) is 5.95 Å². The molecule has 0 aliphatic carbocycles. The molecule has 5 rings (SSSR count). The van der Waals surface area contributed by atoms with Crippen molar-refractivity contribution in [1.82, 2.24) is 14.9 Å². The fraction of sp³-hybridized carbons (Fsp3) is 0.423. The summed E-state index contributed by atoms with van der Waals surface area (Å²) in [6.45, 7) is 7.54. The highest BCUT2D eigenvalue weighted by Gasteiger charge is 2.46. The Kier molecular flexibility index (Phi) is 5.12. The van der Waals surface area contributed by atoms with Crippen molar-refractivity contribution in [2.75, 3.05) is 24.5 Å². The summed E-state index contributed by atoms with van der Waals surface area (Å²) in [6, 6.07) is 16.7. The van der Waals surface area contributed by atoms with E-state index in [-0.39, 0.29) is 5.41 Å². The molecule has 0 saturated carbocycles. The van der Waals surface area contributed by atoms with Crippen LogP contribution in [0.3, 0.4) is 0 Å². The minimum absolute atomic E-state index is 0.325. The van der Waals surface area contributed by atoms with E-state index >= 15 is 0 Å². The second-order valence-electron chi connectivity index (χ2n) is 9.52. The van der Waals surface area contributed by atoms with Gasteiger partial charge in [-0.1, -0.05) is 56.3 Å². The molecule has 3 aromatic rings. The molecule has 2 aliphatic heterocycles. The van der Waals surface area contributed by atoms with Gasteiger partial charge < -0.3 is 9.80 Å². The highest BCUT2D eigenvalue weighted by atomic mass is 16.2. The van der Waals surface area contributed by atoms with Crippen LogP contribution in [0.25, 0.3) is 10.9 Å². The Morgan fingerprint density at radius 3 is 2.48 bits per heavy atom. The number of nitrogens with zero attached hydrogens (tertiary/aromatic N) is 4. The molecule has 0 unspecified atom stereocenters. The third-order valence-corrected chi connectivity index (χ3v) is 6.81. The predicted molar refractivity (Wildman–Crippen MR) is 124 cm³/mol. The second-order valence-corrected chi connectivity index (χ2v) is 9.52. The van der Waals surface area contributed by atoms with Gasteiger partial charge in [-0.05, 0) is 42.4 Å². The van der Waals surface area contributed by atoms with Crippen molar-refractivity contribution in [3.05, 3.63) is 65.9 Å². The SMILES string of the molecule is CC(C)CN1Cc2ccccc2CC2(CCN(c3ncc4ccccc4n3)CC2)C1=O. The number of hydrogen-bond donors (Lipinski definition) is 0. The number of fused-ring (bicyclic) bond motifs is 2. The van der Waals surface area contributed by atoms with E-state index in [9.17, 15) is 4.79 Å². The summed E-state index contributed by atoms with van der Waals surface area (Å²) >= 11 is 0. The van der Waals surface area contributed by atoms with Crippen molar-refractivity contribution in [2.45, 2.75) is 39.7 Å². The van der Waals surface area contributed by atoms with Gasteiger partial charge in [0, 0.05) is 37.8 Å². The minimum Gasteiger partial charge on any atom is -0.341 e. The van der Waals surface area contributed by atoms with Gasteiger partial charge in [0.15, 0.2) is 0 Å². The van der Waals surface area contributed by atoms with E-state index in [1.54, 1.807) is 0 Å². The van der Waals surface area contributed by atoms with E-state index in [0.29, 0.717) is 11.8 Å². The Balaban J connectivity index is 1.42. The molecule has 1 aromatic heterocycles. The molecule has 2 aliphatic rings. The lowest BCUT2D eigenvalue weighted by atomic mass is 9.73. The molecule has 5 heteroatoms. The number of piperidine rings is 1. The highest BCUT2D eigenvalue weighted by Crippen LogP contribution is 2.41. The van der Waals surface area contributed by atoms with E-state index in [0.717, 1.165) is 62.3 Å². The van der Waals surface area contributed by atoms with Crippen molar-refractivity contribution in [2.24, 2.45) is 11.3 Å².